The van der Waals surface area contributed by atoms with Gasteiger partial charge in [-0.25, -0.2) is 9.97 Å². The van der Waals surface area contributed by atoms with Crippen molar-refractivity contribution in [2.24, 2.45) is 0 Å². The summed E-state index contributed by atoms with van der Waals surface area (Å²) in [6.07, 6.45) is 11.6. The fourth-order valence-corrected chi connectivity index (χ4v) is 6.11. The van der Waals surface area contributed by atoms with E-state index < -0.39 is 0 Å². The molecule has 1 fully saturated rings. The van der Waals surface area contributed by atoms with E-state index >= 15 is 0 Å². The quantitative estimate of drug-likeness (QED) is 0.492. The number of carbonyl (C=O) groups excluding carboxylic acids is 1. The molecule has 0 aromatic carbocycles. The summed E-state index contributed by atoms with van der Waals surface area (Å²) in [7, 11) is 0. The van der Waals surface area contributed by atoms with Gasteiger partial charge in [0.05, 0.1) is 5.39 Å². The van der Waals surface area contributed by atoms with E-state index in [2.05, 4.69) is 30.6 Å². The van der Waals surface area contributed by atoms with Crippen LogP contribution in [-0.2, 0) is 17.6 Å². The minimum Gasteiger partial charge on any atom is -0.352 e. The maximum absolute atomic E-state index is 12.7. The Kier molecular flexibility index (Phi) is 7.47. The minimum atomic E-state index is 0.317. The zero-order valence-electron chi connectivity index (χ0n) is 19.6. The number of thiophene rings is 1. The molecular formula is C25H38N4OS. The zero-order chi connectivity index (χ0) is 21.8. The molecule has 5 nitrogen and oxygen atoms in total. The Morgan fingerprint density at radius 1 is 1.00 bits per heavy atom. The van der Waals surface area contributed by atoms with Crippen LogP contribution in [0.1, 0.15) is 94.3 Å². The standard InChI is InChI=1S/C25H38N4OS/c1-4-5-6-7-8-13-21(30)28-14-16-29(17-15-28)24-22-19-11-9-10-12-20(19)31-25(22)27-23(26-24)18(2)3/h18H,4-17H2,1-3H3. The van der Waals surface area contributed by atoms with Gasteiger partial charge in [0, 0.05) is 43.4 Å². The summed E-state index contributed by atoms with van der Waals surface area (Å²) in [6.45, 7) is 9.94. The van der Waals surface area contributed by atoms with Gasteiger partial charge in [-0.1, -0.05) is 46.5 Å². The topological polar surface area (TPSA) is 49.3 Å². The Balaban J connectivity index is 1.47. The van der Waals surface area contributed by atoms with E-state index in [1.807, 2.05) is 11.3 Å². The maximum atomic E-state index is 12.7. The van der Waals surface area contributed by atoms with E-state index in [1.165, 1.54) is 65.6 Å². The maximum Gasteiger partial charge on any atom is 0.222 e. The summed E-state index contributed by atoms with van der Waals surface area (Å²) in [5, 5.41) is 1.31. The average Bonchev–Trinajstić information content (AvgIpc) is 3.17. The molecule has 1 saturated heterocycles. The predicted molar refractivity (Wildman–Crippen MR) is 130 cm³/mol. The van der Waals surface area contributed by atoms with Gasteiger partial charge in [-0.2, -0.15) is 0 Å². The number of unbranched alkanes of at least 4 members (excludes halogenated alkanes) is 4. The highest BCUT2D eigenvalue weighted by Crippen LogP contribution is 2.40. The largest absolute Gasteiger partial charge is 0.352 e. The number of aromatic nitrogens is 2. The number of hydrogen-bond donors (Lipinski definition) is 0. The first-order chi connectivity index (χ1) is 15.1. The lowest BCUT2D eigenvalue weighted by Gasteiger charge is -2.36. The van der Waals surface area contributed by atoms with E-state index in [9.17, 15) is 4.79 Å². The number of piperazine rings is 1. The molecule has 0 unspecified atom stereocenters. The van der Waals surface area contributed by atoms with Crippen LogP contribution in [0.15, 0.2) is 0 Å². The smallest absolute Gasteiger partial charge is 0.222 e. The summed E-state index contributed by atoms with van der Waals surface area (Å²) < 4.78 is 0. The first-order valence-electron chi connectivity index (χ1n) is 12.4. The molecule has 0 N–H and O–H groups in total. The van der Waals surface area contributed by atoms with Crippen molar-refractivity contribution in [2.75, 3.05) is 31.1 Å². The van der Waals surface area contributed by atoms with Gasteiger partial charge < -0.3 is 9.80 Å². The van der Waals surface area contributed by atoms with Crippen LogP contribution in [0.3, 0.4) is 0 Å². The van der Waals surface area contributed by atoms with E-state index in [1.54, 1.807) is 0 Å². The van der Waals surface area contributed by atoms with Crippen molar-refractivity contribution < 1.29 is 4.79 Å². The Bertz CT molecular complexity index is 899. The van der Waals surface area contributed by atoms with Gasteiger partial charge >= 0.3 is 0 Å². The molecular weight excluding hydrogens is 404 g/mol. The monoisotopic (exact) mass is 442 g/mol. The van der Waals surface area contributed by atoms with Crippen molar-refractivity contribution in [2.45, 2.75) is 90.9 Å². The number of carbonyl (C=O) groups is 1. The fraction of sp³-hybridized carbons (Fsp3) is 0.720. The van der Waals surface area contributed by atoms with E-state index in [4.69, 9.17) is 9.97 Å². The number of rotatable bonds is 8. The molecule has 1 amide bonds. The highest BCUT2D eigenvalue weighted by atomic mass is 32.1. The van der Waals surface area contributed by atoms with Gasteiger partial charge in [-0.05, 0) is 37.7 Å². The van der Waals surface area contributed by atoms with E-state index in [0.717, 1.165) is 50.7 Å². The van der Waals surface area contributed by atoms with Gasteiger partial charge in [-0.15, -0.1) is 11.3 Å². The summed E-state index contributed by atoms with van der Waals surface area (Å²) in [5.74, 6) is 2.73. The lowest BCUT2D eigenvalue weighted by Crippen LogP contribution is -2.49. The highest BCUT2D eigenvalue weighted by Gasteiger charge is 2.27. The molecule has 2 aromatic heterocycles. The lowest BCUT2D eigenvalue weighted by molar-refractivity contribution is -0.131. The van der Waals surface area contributed by atoms with Crippen LogP contribution in [0.25, 0.3) is 10.2 Å². The number of nitrogens with zero attached hydrogens (tertiary/aromatic N) is 4. The van der Waals surface area contributed by atoms with Crippen LogP contribution in [0, 0.1) is 0 Å². The zero-order valence-corrected chi connectivity index (χ0v) is 20.4. The molecule has 31 heavy (non-hydrogen) atoms. The van der Waals surface area contributed by atoms with Crippen LogP contribution in [-0.4, -0.2) is 47.0 Å². The molecule has 2 aliphatic rings. The number of aryl methyl sites for hydroxylation is 2. The molecule has 1 aliphatic heterocycles. The second kappa shape index (κ2) is 10.3. The third-order valence-electron chi connectivity index (χ3n) is 6.76. The Morgan fingerprint density at radius 2 is 1.74 bits per heavy atom. The Labute approximate surface area is 191 Å². The van der Waals surface area contributed by atoms with Gasteiger partial charge in [0.25, 0.3) is 0 Å². The van der Waals surface area contributed by atoms with Gasteiger partial charge in [-0.3, -0.25) is 4.79 Å². The predicted octanol–water partition coefficient (Wildman–Crippen LogP) is 5.70. The lowest BCUT2D eigenvalue weighted by atomic mass is 9.96. The molecule has 6 heteroatoms. The SMILES string of the molecule is CCCCCCCC(=O)N1CCN(c2nc(C(C)C)nc3sc4c(c23)CCCC4)CC1. The van der Waals surface area contributed by atoms with Crippen LogP contribution in [0.2, 0.25) is 0 Å². The molecule has 0 atom stereocenters. The Hall–Kier alpha value is -1.69. The van der Waals surface area contributed by atoms with Crippen LogP contribution in [0.4, 0.5) is 5.82 Å². The number of hydrogen-bond acceptors (Lipinski definition) is 5. The van der Waals surface area contributed by atoms with Gasteiger partial charge in [0.2, 0.25) is 5.91 Å². The van der Waals surface area contributed by atoms with Crippen molar-refractivity contribution >= 4 is 33.3 Å². The second-order valence-corrected chi connectivity index (χ2v) is 10.6. The normalized spacial score (nSPS) is 16.9. The molecule has 170 valence electrons. The number of anilines is 1. The second-order valence-electron chi connectivity index (χ2n) is 9.48. The van der Waals surface area contributed by atoms with E-state index in [0.29, 0.717) is 18.2 Å². The van der Waals surface area contributed by atoms with Crippen molar-refractivity contribution in [3.63, 3.8) is 0 Å². The molecule has 0 saturated carbocycles. The molecule has 2 aromatic rings. The first-order valence-corrected chi connectivity index (χ1v) is 13.2. The van der Waals surface area contributed by atoms with Crippen LogP contribution >= 0.6 is 11.3 Å². The fourth-order valence-electron chi connectivity index (χ4n) is 4.85. The van der Waals surface area contributed by atoms with Crippen molar-refractivity contribution in [3.05, 3.63) is 16.3 Å². The van der Waals surface area contributed by atoms with E-state index in [-0.39, 0.29) is 0 Å². The number of fused-ring (bicyclic) bond motifs is 3. The molecule has 4 rings (SSSR count). The summed E-state index contributed by atoms with van der Waals surface area (Å²) >= 11 is 1.89. The molecule has 0 radical (unpaired) electrons. The molecule has 0 spiro atoms. The minimum absolute atomic E-state index is 0.317. The van der Waals surface area contributed by atoms with Crippen molar-refractivity contribution in [3.8, 4) is 0 Å². The summed E-state index contributed by atoms with van der Waals surface area (Å²) in [4.78, 5) is 29.9. The van der Waals surface area contributed by atoms with Gasteiger partial charge in [0.15, 0.2) is 0 Å². The summed E-state index contributed by atoms with van der Waals surface area (Å²) in [6, 6.07) is 0. The van der Waals surface area contributed by atoms with Crippen molar-refractivity contribution in [1.29, 1.82) is 0 Å². The first kappa shape index (κ1) is 22.5. The molecule has 1 aliphatic carbocycles. The van der Waals surface area contributed by atoms with Crippen LogP contribution < -0.4 is 4.90 Å². The summed E-state index contributed by atoms with van der Waals surface area (Å²) in [5.41, 5.74) is 1.50. The average molecular weight is 443 g/mol. The Morgan fingerprint density at radius 3 is 2.48 bits per heavy atom. The number of amides is 1. The van der Waals surface area contributed by atoms with Crippen LogP contribution in [0.5, 0.6) is 0 Å². The third kappa shape index (κ3) is 5.05. The third-order valence-corrected chi connectivity index (χ3v) is 7.94. The van der Waals surface area contributed by atoms with Crippen molar-refractivity contribution in [1.82, 2.24) is 14.9 Å². The molecule has 3 heterocycles. The van der Waals surface area contributed by atoms with Gasteiger partial charge in [0.1, 0.15) is 16.5 Å². The molecule has 0 bridgehead atoms. The highest BCUT2D eigenvalue weighted by molar-refractivity contribution is 7.19.